The Hall–Kier alpha value is -3.74. The molecule has 0 spiro atoms. The van der Waals surface area contributed by atoms with Gasteiger partial charge in [-0.05, 0) is 26.0 Å². The molecule has 10 heteroatoms. The maximum Gasteiger partial charge on any atom is 0.162 e. The number of benzene rings is 1. The van der Waals surface area contributed by atoms with Crippen LogP contribution in [-0.2, 0) is 5.72 Å². The van der Waals surface area contributed by atoms with Gasteiger partial charge in [-0.3, -0.25) is 0 Å². The first-order valence-electron chi connectivity index (χ1n) is 8.93. The molecule has 0 unspecified atom stereocenters. The number of fused-ring (bicyclic) bond motifs is 1. The first-order chi connectivity index (χ1) is 14.3. The van der Waals surface area contributed by atoms with Crippen molar-refractivity contribution in [2.24, 2.45) is 0 Å². The lowest BCUT2D eigenvalue weighted by Gasteiger charge is -2.28. The summed E-state index contributed by atoms with van der Waals surface area (Å²) in [5.74, 6) is 0.116. The normalized spacial score (nSPS) is 13.0. The number of aliphatic hydroxyl groups is 1. The molecule has 0 saturated heterocycles. The van der Waals surface area contributed by atoms with Crippen LogP contribution in [0.15, 0.2) is 42.9 Å². The number of aromatic nitrogens is 5. The fourth-order valence-corrected chi connectivity index (χ4v) is 3.34. The van der Waals surface area contributed by atoms with Gasteiger partial charge >= 0.3 is 0 Å². The van der Waals surface area contributed by atoms with Gasteiger partial charge < -0.3 is 16.2 Å². The number of imidazole rings is 1. The molecule has 0 aliphatic heterocycles. The van der Waals surface area contributed by atoms with E-state index < -0.39 is 5.72 Å². The number of anilines is 2. The number of hydrogen-bond donors (Lipinski definition) is 3. The molecule has 1 atom stereocenters. The minimum absolute atomic E-state index is 0.0123. The molecule has 0 aliphatic carbocycles. The predicted molar refractivity (Wildman–Crippen MR) is 113 cm³/mol. The minimum atomic E-state index is -1.68. The Balaban J connectivity index is 1.91. The summed E-state index contributed by atoms with van der Waals surface area (Å²) in [5, 5.41) is 28.6. The first-order valence-corrected chi connectivity index (χ1v) is 9.31. The van der Waals surface area contributed by atoms with Gasteiger partial charge in [-0.15, -0.1) is 0 Å². The lowest BCUT2D eigenvalue weighted by molar-refractivity contribution is 0.0885. The minimum Gasteiger partial charge on any atom is -0.382 e. The third-order valence-corrected chi connectivity index (χ3v) is 4.88. The van der Waals surface area contributed by atoms with Crippen molar-refractivity contribution in [3.63, 3.8) is 0 Å². The topological polar surface area (TPSA) is 138 Å². The Morgan fingerprint density at radius 2 is 2.07 bits per heavy atom. The average molecular weight is 421 g/mol. The van der Waals surface area contributed by atoms with Gasteiger partial charge in [0.25, 0.3) is 0 Å². The fraction of sp³-hybridized carbons (Fsp3) is 0.150. The molecule has 0 aliphatic rings. The first kappa shape index (κ1) is 19.6. The van der Waals surface area contributed by atoms with Crippen molar-refractivity contribution >= 4 is 28.9 Å². The van der Waals surface area contributed by atoms with E-state index in [9.17, 15) is 10.4 Å². The Labute approximate surface area is 176 Å². The van der Waals surface area contributed by atoms with Crippen LogP contribution in [0.5, 0.6) is 0 Å². The van der Waals surface area contributed by atoms with Crippen molar-refractivity contribution in [3.05, 3.63) is 64.7 Å². The Morgan fingerprint density at radius 1 is 1.27 bits per heavy atom. The molecule has 30 heavy (non-hydrogen) atoms. The molecule has 4 N–H and O–H groups in total. The predicted octanol–water partition coefficient (Wildman–Crippen LogP) is 2.88. The van der Waals surface area contributed by atoms with Crippen molar-refractivity contribution in [1.82, 2.24) is 24.6 Å². The molecule has 0 fully saturated rings. The van der Waals surface area contributed by atoms with E-state index in [1.807, 2.05) is 37.3 Å². The monoisotopic (exact) mass is 420 g/mol. The summed E-state index contributed by atoms with van der Waals surface area (Å²) in [7, 11) is 0. The number of nitrogens with one attached hydrogen (secondary N) is 1. The molecule has 3 heterocycles. The molecule has 0 saturated carbocycles. The maximum absolute atomic E-state index is 11.4. The smallest absolute Gasteiger partial charge is 0.162 e. The van der Waals surface area contributed by atoms with Crippen molar-refractivity contribution in [2.75, 3.05) is 11.1 Å². The fourth-order valence-electron chi connectivity index (χ4n) is 3.17. The summed E-state index contributed by atoms with van der Waals surface area (Å²) in [6.45, 7) is 3.50. The van der Waals surface area contributed by atoms with Gasteiger partial charge in [0.2, 0.25) is 0 Å². The van der Waals surface area contributed by atoms with Crippen molar-refractivity contribution in [3.8, 4) is 17.3 Å². The highest BCUT2D eigenvalue weighted by atomic mass is 35.5. The summed E-state index contributed by atoms with van der Waals surface area (Å²) in [5.41, 5.74) is 7.29. The van der Waals surface area contributed by atoms with Crippen molar-refractivity contribution in [2.45, 2.75) is 19.6 Å². The van der Waals surface area contributed by atoms with Gasteiger partial charge in [-0.25, -0.2) is 19.5 Å². The molecule has 3 aromatic heterocycles. The van der Waals surface area contributed by atoms with Crippen molar-refractivity contribution in [1.29, 1.82) is 5.26 Å². The van der Waals surface area contributed by atoms with E-state index in [0.29, 0.717) is 22.1 Å². The van der Waals surface area contributed by atoms with E-state index in [2.05, 4.69) is 25.4 Å². The Bertz CT molecular complexity index is 1310. The van der Waals surface area contributed by atoms with Crippen LogP contribution >= 0.6 is 11.6 Å². The number of nitrogen functional groups attached to an aromatic ring is 1. The molecular weight excluding hydrogens is 404 g/mol. The quantitative estimate of drug-likeness (QED) is 0.428. The molecule has 4 aromatic rings. The largest absolute Gasteiger partial charge is 0.382 e. The highest BCUT2D eigenvalue weighted by Gasteiger charge is 2.30. The molecule has 0 radical (unpaired) electrons. The number of hydrogen-bond acceptors (Lipinski definition) is 8. The molecule has 150 valence electrons. The van der Waals surface area contributed by atoms with E-state index >= 15 is 0 Å². The SMILES string of the molecule is Cc1cccc(-c2nn3c(Cl)cnc3cc2[C@@](C)(O)Nc2ncnc(N)c2C#N)c1. The number of aryl methyl sites for hydroxylation is 1. The van der Waals surface area contributed by atoms with E-state index in [1.165, 1.54) is 24.0 Å². The number of halogens is 1. The maximum atomic E-state index is 11.4. The van der Waals surface area contributed by atoms with Crippen LogP contribution < -0.4 is 11.1 Å². The second-order valence-electron chi connectivity index (χ2n) is 6.92. The van der Waals surface area contributed by atoms with Crippen LogP contribution in [0.25, 0.3) is 16.9 Å². The molecule has 1 aromatic carbocycles. The van der Waals surface area contributed by atoms with E-state index in [1.54, 1.807) is 6.07 Å². The van der Waals surface area contributed by atoms with Gasteiger partial charge in [0, 0.05) is 11.1 Å². The van der Waals surface area contributed by atoms with E-state index in [4.69, 9.17) is 17.3 Å². The second-order valence-corrected chi connectivity index (χ2v) is 7.31. The number of nitrogens with two attached hydrogens (primary N) is 1. The standard InChI is InChI=1S/C20H17ClN8O/c1-11-4-3-5-12(6-11)17-14(7-16-24-9-15(21)29(16)28-17)20(2,30)27-19-13(8-22)18(23)25-10-26-19/h3-7,9-10,30H,1-2H3,(H3,23,25,26,27)/t20-/m1/s1. The molecule has 9 nitrogen and oxygen atoms in total. The zero-order valence-corrected chi connectivity index (χ0v) is 16.9. The molecule has 0 amide bonds. The number of rotatable bonds is 4. The zero-order chi connectivity index (χ0) is 21.5. The van der Waals surface area contributed by atoms with Gasteiger partial charge in [0.05, 0.1) is 11.9 Å². The van der Waals surface area contributed by atoms with Crippen LogP contribution in [0.4, 0.5) is 11.6 Å². The van der Waals surface area contributed by atoms with Crippen molar-refractivity contribution < 1.29 is 5.11 Å². The highest BCUT2D eigenvalue weighted by Crippen LogP contribution is 2.33. The second kappa shape index (κ2) is 7.26. The molecule has 4 rings (SSSR count). The summed E-state index contributed by atoms with van der Waals surface area (Å²) in [6.07, 6.45) is 2.70. The third kappa shape index (κ3) is 3.39. The van der Waals surface area contributed by atoms with Gasteiger partial charge in [0.1, 0.15) is 23.8 Å². The highest BCUT2D eigenvalue weighted by molar-refractivity contribution is 6.29. The third-order valence-electron chi connectivity index (χ3n) is 4.62. The number of nitriles is 1. The zero-order valence-electron chi connectivity index (χ0n) is 16.1. The Kier molecular flexibility index (Phi) is 4.73. The average Bonchev–Trinajstić information content (AvgIpc) is 3.07. The summed E-state index contributed by atoms with van der Waals surface area (Å²) < 4.78 is 1.49. The van der Waals surface area contributed by atoms with Crippen LogP contribution in [0.2, 0.25) is 5.15 Å². The lowest BCUT2D eigenvalue weighted by Crippen LogP contribution is -2.33. The summed E-state index contributed by atoms with van der Waals surface area (Å²) in [6, 6.07) is 11.3. The van der Waals surface area contributed by atoms with Crippen LogP contribution in [0, 0.1) is 18.3 Å². The molecule has 0 bridgehead atoms. The Morgan fingerprint density at radius 3 is 2.80 bits per heavy atom. The lowest BCUT2D eigenvalue weighted by atomic mass is 9.97. The van der Waals surface area contributed by atoms with Crippen LogP contribution in [0.3, 0.4) is 0 Å². The van der Waals surface area contributed by atoms with E-state index in [-0.39, 0.29) is 17.2 Å². The number of nitrogens with zero attached hydrogens (tertiary/aromatic N) is 6. The molecular formula is C20H17ClN8O. The van der Waals surface area contributed by atoms with E-state index in [0.717, 1.165) is 11.1 Å². The van der Waals surface area contributed by atoms with Gasteiger partial charge in [-0.1, -0.05) is 35.4 Å². The summed E-state index contributed by atoms with van der Waals surface area (Å²) in [4.78, 5) is 12.1. The van der Waals surface area contributed by atoms with Gasteiger partial charge in [0.15, 0.2) is 22.3 Å². The van der Waals surface area contributed by atoms with Crippen LogP contribution in [-0.4, -0.2) is 29.7 Å². The summed E-state index contributed by atoms with van der Waals surface area (Å²) >= 11 is 6.21. The van der Waals surface area contributed by atoms with Crippen LogP contribution in [0.1, 0.15) is 23.6 Å². The van der Waals surface area contributed by atoms with Gasteiger partial charge in [-0.2, -0.15) is 10.4 Å².